The van der Waals surface area contributed by atoms with Crippen LogP contribution in [0.1, 0.15) is 41.5 Å². The minimum absolute atomic E-state index is 0.119. The molecular weight excluding hydrogens is 436 g/mol. The van der Waals surface area contributed by atoms with Gasteiger partial charge in [0.05, 0.1) is 22.4 Å². The molecule has 0 fully saturated rings. The van der Waals surface area contributed by atoms with Crippen LogP contribution < -0.4 is 20.1 Å². The monoisotopic (exact) mass is 458 g/mol. The van der Waals surface area contributed by atoms with E-state index in [9.17, 15) is 4.79 Å². The molecule has 0 saturated heterocycles. The lowest BCUT2D eigenvalue weighted by Gasteiger charge is -2.30. The molecule has 33 heavy (non-hydrogen) atoms. The van der Waals surface area contributed by atoms with Gasteiger partial charge in [-0.1, -0.05) is 53.6 Å². The van der Waals surface area contributed by atoms with Gasteiger partial charge in [-0.25, -0.2) is 0 Å². The molecule has 6 heteroatoms. The second-order valence-electron chi connectivity index (χ2n) is 8.81. The van der Waals surface area contributed by atoms with Crippen molar-refractivity contribution in [1.82, 2.24) is 0 Å². The molecule has 0 radical (unpaired) electrons. The number of aryl methyl sites for hydroxylation is 1. The van der Waals surface area contributed by atoms with Crippen molar-refractivity contribution in [3.05, 3.63) is 93.6 Å². The number of anilines is 2. The standard InChI is InChI=1S/C27H23ClN2O3/c1-15-6-8-16(9-7-15)17-10-22-26(23(31)11-17)27(30-21-5-3-2-4-20(21)29-22)18-12-24-25(13-19(18)28)33-14-32-24/h2-9,12-13,17,27,29-30H,10-11,14H2,1H3/t17-,27+/m1/s1. The van der Waals surface area contributed by atoms with E-state index in [1.807, 2.05) is 30.3 Å². The average molecular weight is 459 g/mol. The minimum atomic E-state index is -0.399. The number of para-hydroxylation sites is 2. The zero-order valence-electron chi connectivity index (χ0n) is 18.2. The minimum Gasteiger partial charge on any atom is -0.454 e. The van der Waals surface area contributed by atoms with Gasteiger partial charge in [0, 0.05) is 29.3 Å². The average Bonchev–Trinajstić information content (AvgIpc) is 3.18. The number of rotatable bonds is 2. The first kappa shape index (κ1) is 20.2. The number of allylic oxidation sites excluding steroid dienone is 1. The highest BCUT2D eigenvalue weighted by Crippen LogP contribution is 2.47. The van der Waals surface area contributed by atoms with Crippen molar-refractivity contribution >= 4 is 28.8 Å². The number of Topliss-reactive ketones (excluding diaryl/α,β-unsaturated/α-hetero) is 1. The summed E-state index contributed by atoms with van der Waals surface area (Å²) in [5, 5.41) is 7.69. The van der Waals surface area contributed by atoms with Gasteiger partial charge < -0.3 is 20.1 Å². The van der Waals surface area contributed by atoms with E-state index >= 15 is 0 Å². The van der Waals surface area contributed by atoms with Crippen molar-refractivity contribution in [3.8, 4) is 11.5 Å². The number of hydrogen-bond donors (Lipinski definition) is 2. The molecule has 0 saturated carbocycles. The fourth-order valence-corrected chi connectivity index (χ4v) is 5.22. The van der Waals surface area contributed by atoms with Gasteiger partial charge in [0.25, 0.3) is 0 Å². The van der Waals surface area contributed by atoms with Gasteiger partial charge in [0.15, 0.2) is 17.3 Å². The van der Waals surface area contributed by atoms with E-state index < -0.39 is 6.04 Å². The lowest BCUT2D eigenvalue weighted by atomic mass is 9.78. The van der Waals surface area contributed by atoms with Crippen LogP contribution in [0.4, 0.5) is 11.4 Å². The van der Waals surface area contributed by atoms with Crippen molar-refractivity contribution < 1.29 is 14.3 Å². The van der Waals surface area contributed by atoms with E-state index in [1.54, 1.807) is 6.07 Å². The largest absolute Gasteiger partial charge is 0.454 e. The van der Waals surface area contributed by atoms with Crippen LogP contribution in [0.3, 0.4) is 0 Å². The number of ether oxygens (including phenoxy) is 2. The summed E-state index contributed by atoms with van der Waals surface area (Å²) in [6.45, 7) is 2.24. The van der Waals surface area contributed by atoms with Gasteiger partial charge in [-0.3, -0.25) is 4.79 Å². The summed E-state index contributed by atoms with van der Waals surface area (Å²) in [6, 6.07) is 19.7. The fourth-order valence-electron chi connectivity index (χ4n) is 4.95. The summed E-state index contributed by atoms with van der Waals surface area (Å²) < 4.78 is 11.1. The molecule has 1 aliphatic carbocycles. The molecule has 0 aromatic heterocycles. The zero-order valence-corrected chi connectivity index (χ0v) is 18.9. The van der Waals surface area contributed by atoms with Gasteiger partial charge in [0.1, 0.15) is 0 Å². The Labute approximate surface area is 197 Å². The second kappa shape index (κ2) is 7.85. The van der Waals surface area contributed by atoms with Crippen molar-refractivity contribution in [3.63, 3.8) is 0 Å². The van der Waals surface area contributed by atoms with E-state index in [-0.39, 0.29) is 18.5 Å². The first-order valence-corrected chi connectivity index (χ1v) is 11.5. The Kier molecular flexibility index (Phi) is 4.80. The van der Waals surface area contributed by atoms with E-state index in [2.05, 4.69) is 41.8 Å². The molecule has 0 unspecified atom stereocenters. The Morgan fingerprint density at radius 2 is 1.67 bits per heavy atom. The normalized spacial score (nSPS) is 21.0. The fraction of sp³-hybridized carbons (Fsp3) is 0.222. The van der Waals surface area contributed by atoms with Crippen molar-refractivity contribution in [1.29, 1.82) is 0 Å². The highest BCUT2D eigenvalue weighted by molar-refractivity contribution is 6.31. The Morgan fingerprint density at radius 3 is 2.45 bits per heavy atom. The second-order valence-corrected chi connectivity index (χ2v) is 9.21. The zero-order chi connectivity index (χ0) is 22.5. The summed E-state index contributed by atoms with van der Waals surface area (Å²) in [5.74, 6) is 1.51. The molecule has 0 spiro atoms. The summed E-state index contributed by atoms with van der Waals surface area (Å²) in [5.41, 5.74) is 6.74. The van der Waals surface area contributed by atoms with Crippen molar-refractivity contribution in [2.45, 2.75) is 31.7 Å². The highest BCUT2D eigenvalue weighted by atomic mass is 35.5. The van der Waals surface area contributed by atoms with Crippen molar-refractivity contribution in [2.75, 3.05) is 17.4 Å². The van der Waals surface area contributed by atoms with E-state index in [1.165, 1.54) is 11.1 Å². The third-order valence-corrected chi connectivity index (χ3v) is 6.99. The van der Waals surface area contributed by atoms with Gasteiger partial charge in [-0.05, 0) is 43.0 Å². The van der Waals surface area contributed by atoms with Crippen LogP contribution in [0, 0.1) is 6.92 Å². The molecule has 3 aliphatic rings. The van der Waals surface area contributed by atoms with Crippen LogP contribution >= 0.6 is 11.6 Å². The Balaban J connectivity index is 1.47. The first-order valence-electron chi connectivity index (χ1n) is 11.1. The summed E-state index contributed by atoms with van der Waals surface area (Å²) >= 11 is 6.71. The molecule has 2 N–H and O–H groups in total. The van der Waals surface area contributed by atoms with E-state index in [0.717, 1.165) is 34.6 Å². The molecule has 2 aliphatic heterocycles. The number of ketones is 1. The van der Waals surface area contributed by atoms with E-state index in [0.29, 0.717) is 22.9 Å². The maximum Gasteiger partial charge on any atom is 0.231 e. The lowest BCUT2D eigenvalue weighted by Crippen LogP contribution is -2.27. The number of nitrogens with one attached hydrogen (secondary N) is 2. The summed E-state index contributed by atoms with van der Waals surface area (Å²) in [6.07, 6.45) is 1.21. The molecule has 2 atom stereocenters. The first-order chi connectivity index (χ1) is 16.1. The molecule has 0 amide bonds. The molecule has 6 rings (SSSR count). The molecule has 3 aromatic carbocycles. The summed E-state index contributed by atoms with van der Waals surface area (Å²) in [7, 11) is 0. The third kappa shape index (κ3) is 3.53. The quantitative estimate of drug-likeness (QED) is 0.468. The topological polar surface area (TPSA) is 59.6 Å². The van der Waals surface area contributed by atoms with Crippen LogP contribution in [-0.2, 0) is 4.79 Å². The van der Waals surface area contributed by atoms with Gasteiger partial charge in [-0.2, -0.15) is 0 Å². The number of fused-ring (bicyclic) bond motifs is 2. The van der Waals surface area contributed by atoms with Gasteiger partial charge in [0.2, 0.25) is 6.79 Å². The van der Waals surface area contributed by atoms with Crippen LogP contribution in [0.25, 0.3) is 0 Å². The number of halogens is 1. The predicted molar refractivity (Wildman–Crippen MR) is 129 cm³/mol. The Bertz CT molecular complexity index is 1300. The van der Waals surface area contributed by atoms with Crippen LogP contribution in [0.2, 0.25) is 5.02 Å². The third-order valence-electron chi connectivity index (χ3n) is 6.66. The lowest BCUT2D eigenvalue weighted by molar-refractivity contribution is -0.116. The van der Waals surface area contributed by atoms with Crippen LogP contribution in [0.15, 0.2) is 71.9 Å². The maximum atomic E-state index is 13.7. The molecule has 2 heterocycles. The maximum absolute atomic E-state index is 13.7. The SMILES string of the molecule is Cc1ccc([C@H]2CC(=O)C3=C(C2)Nc2ccccc2N[C@H]3c2cc3c(cc2Cl)OCO3)cc1. The number of carbonyl (C=O) groups is 1. The van der Waals surface area contributed by atoms with Gasteiger partial charge >= 0.3 is 0 Å². The molecule has 0 bridgehead atoms. The highest BCUT2D eigenvalue weighted by Gasteiger charge is 2.37. The van der Waals surface area contributed by atoms with Crippen molar-refractivity contribution in [2.24, 2.45) is 0 Å². The number of carbonyl (C=O) groups excluding carboxylic acids is 1. The van der Waals surface area contributed by atoms with Crippen LogP contribution in [0.5, 0.6) is 11.5 Å². The smallest absolute Gasteiger partial charge is 0.231 e. The molecular formula is C27H23ClN2O3. The Hall–Kier alpha value is -3.44. The summed E-state index contributed by atoms with van der Waals surface area (Å²) in [4.78, 5) is 13.7. The predicted octanol–water partition coefficient (Wildman–Crippen LogP) is 6.36. The Morgan fingerprint density at radius 1 is 0.939 bits per heavy atom. The molecule has 166 valence electrons. The number of benzene rings is 3. The van der Waals surface area contributed by atoms with Gasteiger partial charge in [-0.15, -0.1) is 0 Å². The van der Waals surface area contributed by atoms with E-state index in [4.69, 9.17) is 21.1 Å². The molecule has 5 nitrogen and oxygen atoms in total. The van der Waals surface area contributed by atoms with Crippen LogP contribution in [-0.4, -0.2) is 12.6 Å². The number of hydrogen-bond acceptors (Lipinski definition) is 5. The molecule has 3 aromatic rings.